The van der Waals surface area contributed by atoms with Gasteiger partial charge in [0, 0.05) is 30.4 Å². The van der Waals surface area contributed by atoms with Gasteiger partial charge in [0.1, 0.15) is 0 Å². The minimum atomic E-state index is -0.143. The monoisotopic (exact) mass is 361 g/mol. The van der Waals surface area contributed by atoms with E-state index >= 15 is 0 Å². The van der Waals surface area contributed by atoms with Gasteiger partial charge in [0.15, 0.2) is 5.13 Å². The van der Waals surface area contributed by atoms with Gasteiger partial charge in [-0.25, -0.2) is 4.98 Å². The van der Waals surface area contributed by atoms with Crippen LogP contribution in [0.15, 0.2) is 24.5 Å². The Bertz CT molecular complexity index is 715. The van der Waals surface area contributed by atoms with Crippen LogP contribution in [0.25, 0.3) is 0 Å². The highest BCUT2D eigenvalue weighted by Crippen LogP contribution is 2.22. The van der Waals surface area contributed by atoms with Crippen LogP contribution in [0, 0.1) is 6.92 Å². The molecule has 2 rings (SSSR count). The van der Waals surface area contributed by atoms with E-state index in [0.717, 1.165) is 12.8 Å². The van der Waals surface area contributed by atoms with E-state index in [4.69, 9.17) is 4.74 Å². The third-order valence-electron chi connectivity index (χ3n) is 3.58. The molecule has 6 nitrogen and oxygen atoms in total. The van der Waals surface area contributed by atoms with Crippen LogP contribution in [0.1, 0.15) is 53.5 Å². The molecule has 0 aliphatic heterocycles. The smallest absolute Gasteiger partial charge is 0.305 e. The quantitative estimate of drug-likeness (QED) is 0.395. The predicted molar refractivity (Wildman–Crippen MR) is 98.1 cm³/mol. The molecule has 134 valence electrons. The highest BCUT2D eigenvalue weighted by Gasteiger charge is 2.15. The van der Waals surface area contributed by atoms with Crippen molar-refractivity contribution in [1.29, 1.82) is 0 Å². The largest absolute Gasteiger partial charge is 0.466 e. The molecule has 0 aromatic carbocycles. The SMILES string of the molecule is CCCCC(=O)OCCCNc1ncc(C(=O)c2cccnc2C)s1. The van der Waals surface area contributed by atoms with E-state index in [-0.39, 0.29) is 11.8 Å². The van der Waals surface area contributed by atoms with Gasteiger partial charge in [0.2, 0.25) is 5.78 Å². The minimum Gasteiger partial charge on any atom is -0.466 e. The molecule has 7 heteroatoms. The van der Waals surface area contributed by atoms with Crippen molar-refractivity contribution in [1.82, 2.24) is 9.97 Å². The highest BCUT2D eigenvalue weighted by atomic mass is 32.1. The number of esters is 1. The zero-order chi connectivity index (χ0) is 18.1. The van der Waals surface area contributed by atoms with Crippen LogP contribution in [0.4, 0.5) is 5.13 Å². The van der Waals surface area contributed by atoms with Crippen LogP contribution in [0.3, 0.4) is 0 Å². The number of nitrogens with zero attached hydrogens (tertiary/aromatic N) is 2. The summed E-state index contributed by atoms with van der Waals surface area (Å²) in [5.74, 6) is -0.211. The Labute approximate surface area is 151 Å². The summed E-state index contributed by atoms with van der Waals surface area (Å²) in [6, 6.07) is 3.52. The average molecular weight is 361 g/mol. The highest BCUT2D eigenvalue weighted by molar-refractivity contribution is 7.17. The number of hydrogen-bond acceptors (Lipinski definition) is 7. The molecule has 0 amide bonds. The molecule has 0 aliphatic carbocycles. The summed E-state index contributed by atoms with van der Waals surface area (Å²) in [5, 5.41) is 3.83. The van der Waals surface area contributed by atoms with E-state index in [1.54, 1.807) is 24.5 Å². The number of thiazole rings is 1. The summed E-state index contributed by atoms with van der Waals surface area (Å²) in [4.78, 5) is 32.8. The number of aromatic nitrogens is 2. The van der Waals surface area contributed by atoms with E-state index in [2.05, 4.69) is 15.3 Å². The first kappa shape index (κ1) is 19.1. The molecule has 2 aromatic rings. The second kappa shape index (κ2) is 9.88. The summed E-state index contributed by atoms with van der Waals surface area (Å²) >= 11 is 1.31. The number of rotatable bonds is 10. The van der Waals surface area contributed by atoms with Crippen LogP contribution in [-0.2, 0) is 9.53 Å². The number of nitrogens with one attached hydrogen (secondary N) is 1. The number of pyridine rings is 1. The van der Waals surface area contributed by atoms with Gasteiger partial charge in [-0.1, -0.05) is 24.7 Å². The number of aryl methyl sites for hydroxylation is 1. The molecule has 0 fully saturated rings. The van der Waals surface area contributed by atoms with E-state index < -0.39 is 0 Å². The van der Waals surface area contributed by atoms with Gasteiger partial charge in [-0.15, -0.1) is 0 Å². The first-order valence-electron chi connectivity index (χ1n) is 8.43. The molecule has 0 saturated heterocycles. The molecule has 1 N–H and O–H groups in total. The van der Waals surface area contributed by atoms with Crippen molar-refractivity contribution >= 4 is 28.2 Å². The maximum atomic E-state index is 12.5. The second-order valence-electron chi connectivity index (χ2n) is 5.60. The Kier molecular flexibility index (Phi) is 7.53. The lowest BCUT2D eigenvalue weighted by molar-refractivity contribution is -0.143. The van der Waals surface area contributed by atoms with Gasteiger partial charge < -0.3 is 10.1 Å². The van der Waals surface area contributed by atoms with Gasteiger partial charge in [0.25, 0.3) is 0 Å². The van der Waals surface area contributed by atoms with Crippen molar-refractivity contribution in [2.75, 3.05) is 18.5 Å². The third kappa shape index (κ3) is 5.94. The number of ether oxygens (including phenoxy) is 1. The van der Waals surface area contributed by atoms with E-state index in [1.165, 1.54) is 11.3 Å². The lowest BCUT2D eigenvalue weighted by Gasteiger charge is -2.05. The zero-order valence-corrected chi connectivity index (χ0v) is 15.4. The zero-order valence-electron chi connectivity index (χ0n) is 14.6. The minimum absolute atomic E-state index is 0.0685. The molecular weight excluding hydrogens is 338 g/mol. The topological polar surface area (TPSA) is 81.2 Å². The molecule has 25 heavy (non-hydrogen) atoms. The fourth-order valence-electron chi connectivity index (χ4n) is 2.16. The van der Waals surface area contributed by atoms with Crippen molar-refractivity contribution < 1.29 is 14.3 Å². The average Bonchev–Trinajstić information content (AvgIpc) is 3.08. The Hall–Kier alpha value is -2.28. The van der Waals surface area contributed by atoms with Gasteiger partial charge in [-0.2, -0.15) is 0 Å². The standard InChI is InChI=1S/C18H23N3O3S/c1-3-4-8-16(22)24-11-6-10-20-18-21-12-15(25-18)17(23)14-7-5-9-19-13(14)2/h5,7,9,12H,3-4,6,8,10-11H2,1-2H3,(H,20,21). The molecule has 0 spiro atoms. The maximum Gasteiger partial charge on any atom is 0.305 e. The van der Waals surface area contributed by atoms with Crippen LogP contribution in [-0.4, -0.2) is 34.9 Å². The van der Waals surface area contributed by atoms with Gasteiger partial charge in [-0.05, 0) is 31.9 Å². The van der Waals surface area contributed by atoms with Crippen LogP contribution < -0.4 is 5.32 Å². The Balaban J connectivity index is 1.75. The lowest BCUT2D eigenvalue weighted by Crippen LogP contribution is -2.09. The summed E-state index contributed by atoms with van der Waals surface area (Å²) in [6.45, 7) is 4.88. The third-order valence-corrected chi connectivity index (χ3v) is 4.53. The van der Waals surface area contributed by atoms with Crippen molar-refractivity contribution in [2.45, 2.75) is 39.5 Å². The number of anilines is 1. The molecule has 0 bridgehead atoms. The molecule has 0 radical (unpaired) electrons. The summed E-state index contributed by atoms with van der Waals surface area (Å²) in [7, 11) is 0. The van der Waals surface area contributed by atoms with E-state index in [9.17, 15) is 9.59 Å². The van der Waals surface area contributed by atoms with Crippen LogP contribution in [0.5, 0.6) is 0 Å². The molecule has 2 aromatic heterocycles. The first-order chi connectivity index (χ1) is 12.1. The summed E-state index contributed by atoms with van der Waals surface area (Å²) in [6.07, 6.45) is 6.27. The molecule has 0 aliphatic rings. The van der Waals surface area contributed by atoms with Gasteiger partial charge >= 0.3 is 5.97 Å². The molecule has 0 unspecified atom stereocenters. The number of carbonyl (C=O) groups is 2. The summed E-state index contributed by atoms with van der Waals surface area (Å²) < 4.78 is 5.14. The first-order valence-corrected chi connectivity index (χ1v) is 9.25. The normalized spacial score (nSPS) is 10.5. The van der Waals surface area contributed by atoms with Crippen molar-refractivity contribution in [3.63, 3.8) is 0 Å². The Morgan fingerprint density at radius 2 is 2.12 bits per heavy atom. The summed E-state index contributed by atoms with van der Waals surface area (Å²) in [5.41, 5.74) is 1.30. The van der Waals surface area contributed by atoms with Crippen molar-refractivity contribution in [2.24, 2.45) is 0 Å². The number of carbonyl (C=O) groups excluding carboxylic acids is 2. The van der Waals surface area contributed by atoms with E-state index in [0.29, 0.717) is 47.3 Å². The van der Waals surface area contributed by atoms with Crippen molar-refractivity contribution in [3.05, 3.63) is 40.7 Å². The predicted octanol–water partition coefficient (Wildman–Crippen LogP) is 3.61. The van der Waals surface area contributed by atoms with Crippen LogP contribution in [0.2, 0.25) is 0 Å². The number of hydrogen-bond donors (Lipinski definition) is 1. The fourth-order valence-corrected chi connectivity index (χ4v) is 2.96. The molecule has 0 saturated carbocycles. The van der Waals surface area contributed by atoms with Crippen LogP contribution >= 0.6 is 11.3 Å². The van der Waals surface area contributed by atoms with Gasteiger partial charge in [0.05, 0.1) is 17.7 Å². The maximum absolute atomic E-state index is 12.5. The Morgan fingerprint density at radius 1 is 1.28 bits per heavy atom. The molecular formula is C18H23N3O3S. The fraction of sp³-hybridized carbons (Fsp3) is 0.444. The second-order valence-corrected chi connectivity index (χ2v) is 6.63. The molecule has 0 atom stereocenters. The molecule has 2 heterocycles. The lowest BCUT2D eigenvalue weighted by atomic mass is 10.1. The van der Waals surface area contributed by atoms with Gasteiger partial charge in [-0.3, -0.25) is 14.6 Å². The van der Waals surface area contributed by atoms with Crippen molar-refractivity contribution in [3.8, 4) is 0 Å². The van der Waals surface area contributed by atoms with E-state index in [1.807, 2.05) is 13.8 Å². The number of unbranched alkanes of at least 4 members (excludes halogenated alkanes) is 1. The number of ketones is 1. The Morgan fingerprint density at radius 3 is 2.88 bits per heavy atom.